The second-order valence-corrected chi connectivity index (χ2v) is 5.49. The van der Waals surface area contributed by atoms with Gasteiger partial charge in [-0.05, 0) is 38.8 Å². The van der Waals surface area contributed by atoms with Crippen molar-refractivity contribution in [1.82, 2.24) is 0 Å². The summed E-state index contributed by atoms with van der Waals surface area (Å²) in [6, 6.07) is 6.70. The molecule has 0 saturated carbocycles. The van der Waals surface area contributed by atoms with Gasteiger partial charge in [-0.2, -0.15) is 0 Å². The van der Waals surface area contributed by atoms with Crippen molar-refractivity contribution >= 4 is 5.69 Å². The summed E-state index contributed by atoms with van der Waals surface area (Å²) in [5, 5.41) is 0. The Hall–Kier alpha value is -1.22. The van der Waals surface area contributed by atoms with Crippen LogP contribution in [0.3, 0.4) is 0 Å². The summed E-state index contributed by atoms with van der Waals surface area (Å²) < 4.78 is 5.51. The van der Waals surface area contributed by atoms with E-state index >= 15 is 0 Å². The average Bonchev–Trinajstić information content (AvgIpc) is 2.46. The lowest BCUT2D eigenvalue weighted by atomic mass is 10.0. The monoisotopic (exact) mass is 278 g/mol. The standard InChI is InChI=1S/C17H30N2O/c1-6-8-12-19(13(3)7-2)15-10-9-11-16(20-5)17(15)14(4)18/h9-11,13-14H,6-8,12,18H2,1-5H3/t13?,14-/m1/s1. The molecule has 3 heteroatoms. The number of nitrogens with two attached hydrogens (primary N) is 1. The van der Waals surface area contributed by atoms with Gasteiger partial charge in [0.15, 0.2) is 0 Å². The van der Waals surface area contributed by atoms with Gasteiger partial charge >= 0.3 is 0 Å². The van der Waals surface area contributed by atoms with Crippen LogP contribution in [-0.4, -0.2) is 19.7 Å². The molecule has 0 spiro atoms. The van der Waals surface area contributed by atoms with Gasteiger partial charge in [0.25, 0.3) is 0 Å². The maximum atomic E-state index is 6.19. The normalized spacial score (nSPS) is 13.9. The molecule has 20 heavy (non-hydrogen) atoms. The Morgan fingerprint density at radius 2 is 1.95 bits per heavy atom. The summed E-state index contributed by atoms with van der Waals surface area (Å²) in [6.45, 7) is 9.83. The summed E-state index contributed by atoms with van der Waals surface area (Å²) in [5.41, 5.74) is 8.53. The van der Waals surface area contributed by atoms with E-state index in [1.807, 2.05) is 13.0 Å². The van der Waals surface area contributed by atoms with E-state index in [0.717, 1.165) is 24.3 Å². The summed E-state index contributed by atoms with van der Waals surface area (Å²) in [4.78, 5) is 2.48. The zero-order chi connectivity index (χ0) is 15.1. The molecule has 0 aliphatic heterocycles. The van der Waals surface area contributed by atoms with Crippen LogP contribution in [0, 0.1) is 0 Å². The summed E-state index contributed by atoms with van der Waals surface area (Å²) in [5.74, 6) is 0.891. The van der Waals surface area contributed by atoms with Gasteiger partial charge in [-0.15, -0.1) is 0 Å². The third-order valence-corrected chi connectivity index (χ3v) is 3.90. The first-order valence-electron chi connectivity index (χ1n) is 7.75. The quantitative estimate of drug-likeness (QED) is 0.777. The zero-order valence-electron chi connectivity index (χ0n) is 13.6. The Bertz CT molecular complexity index is 404. The van der Waals surface area contributed by atoms with Crippen molar-refractivity contribution in [2.45, 2.75) is 59.0 Å². The van der Waals surface area contributed by atoms with Crippen molar-refractivity contribution < 1.29 is 4.74 Å². The second-order valence-electron chi connectivity index (χ2n) is 5.49. The van der Waals surface area contributed by atoms with E-state index in [1.165, 1.54) is 18.5 Å². The maximum Gasteiger partial charge on any atom is 0.125 e. The van der Waals surface area contributed by atoms with E-state index in [4.69, 9.17) is 10.5 Å². The molecule has 0 aromatic heterocycles. The molecule has 2 atom stereocenters. The van der Waals surface area contributed by atoms with Gasteiger partial charge in [0.05, 0.1) is 7.11 Å². The fraction of sp³-hybridized carbons (Fsp3) is 0.647. The molecule has 0 aliphatic carbocycles. The van der Waals surface area contributed by atoms with Gasteiger partial charge in [-0.3, -0.25) is 0 Å². The molecule has 1 aromatic carbocycles. The SMILES string of the molecule is CCCCN(c1cccc(OC)c1[C@@H](C)N)C(C)CC. The van der Waals surface area contributed by atoms with Crippen LogP contribution in [0.15, 0.2) is 18.2 Å². The summed E-state index contributed by atoms with van der Waals surface area (Å²) in [6.07, 6.45) is 3.52. The lowest BCUT2D eigenvalue weighted by Gasteiger charge is -2.34. The number of methoxy groups -OCH3 is 1. The van der Waals surface area contributed by atoms with Crippen molar-refractivity contribution in [1.29, 1.82) is 0 Å². The van der Waals surface area contributed by atoms with Crippen LogP contribution in [0.25, 0.3) is 0 Å². The van der Waals surface area contributed by atoms with E-state index in [1.54, 1.807) is 7.11 Å². The topological polar surface area (TPSA) is 38.5 Å². The molecule has 0 fully saturated rings. The van der Waals surface area contributed by atoms with E-state index in [9.17, 15) is 0 Å². The van der Waals surface area contributed by atoms with Crippen molar-refractivity contribution in [2.75, 3.05) is 18.6 Å². The van der Waals surface area contributed by atoms with Gasteiger partial charge in [0, 0.05) is 29.9 Å². The number of hydrogen-bond donors (Lipinski definition) is 1. The molecule has 3 nitrogen and oxygen atoms in total. The molecule has 0 amide bonds. The fourth-order valence-corrected chi connectivity index (χ4v) is 2.55. The Kier molecular flexibility index (Phi) is 6.86. The van der Waals surface area contributed by atoms with Crippen molar-refractivity contribution in [3.05, 3.63) is 23.8 Å². The number of rotatable bonds is 8. The molecule has 0 heterocycles. The maximum absolute atomic E-state index is 6.19. The molecule has 2 N–H and O–H groups in total. The number of benzene rings is 1. The Labute approximate surface area is 124 Å². The number of hydrogen-bond acceptors (Lipinski definition) is 3. The van der Waals surface area contributed by atoms with Crippen molar-refractivity contribution in [3.63, 3.8) is 0 Å². The highest BCUT2D eigenvalue weighted by Crippen LogP contribution is 2.35. The highest BCUT2D eigenvalue weighted by Gasteiger charge is 2.20. The van der Waals surface area contributed by atoms with Crippen molar-refractivity contribution in [2.24, 2.45) is 5.73 Å². The minimum absolute atomic E-state index is 0.0330. The first kappa shape index (κ1) is 16.8. The predicted molar refractivity (Wildman–Crippen MR) is 87.6 cm³/mol. The van der Waals surface area contributed by atoms with Gasteiger partial charge in [-0.25, -0.2) is 0 Å². The van der Waals surface area contributed by atoms with Crippen molar-refractivity contribution in [3.8, 4) is 5.75 Å². The van der Waals surface area contributed by atoms with Crippen LogP contribution >= 0.6 is 0 Å². The third-order valence-electron chi connectivity index (χ3n) is 3.90. The van der Waals surface area contributed by atoms with E-state index in [2.05, 4.69) is 37.8 Å². The Morgan fingerprint density at radius 3 is 2.45 bits per heavy atom. The Balaban J connectivity index is 3.24. The smallest absolute Gasteiger partial charge is 0.125 e. The van der Waals surface area contributed by atoms with Crippen LogP contribution in [0.2, 0.25) is 0 Å². The highest BCUT2D eigenvalue weighted by molar-refractivity contribution is 5.61. The van der Waals surface area contributed by atoms with E-state index in [-0.39, 0.29) is 6.04 Å². The van der Waals surface area contributed by atoms with Crippen LogP contribution in [-0.2, 0) is 0 Å². The molecule has 1 aromatic rings. The lowest BCUT2D eigenvalue weighted by molar-refractivity contribution is 0.406. The first-order valence-corrected chi connectivity index (χ1v) is 7.75. The predicted octanol–water partition coefficient (Wildman–Crippen LogP) is 4.12. The third kappa shape index (κ3) is 3.89. The number of ether oxygens (including phenoxy) is 1. The van der Waals surface area contributed by atoms with Gasteiger partial charge in [-0.1, -0.05) is 26.3 Å². The number of unbranched alkanes of at least 4 members (excludes halogenated alkanes) is 1. The molecule has 114 valence electrons. The highest BCUT2D eigenvalue weighted by atomic mass is 16.5. The molecule has 0 bridgehead atoms. The average molecular weight is 278 g/mol. The van der Waals surface area contributed by atoms with Crippen LogP contribution in [0.5, 0.6) is 5.75 Å². The molecule has 0 radical (unpaired) electrons. The van der Waals surface area contributed by atoms with E-state index in [0.29, 0.717) is 6.04 Å². The minimum Gasteiger partial charge on any atom is -0.496 e. The summed E-state index contributed by atoms with van der Waals surface area (Å²) >= 11 is 0. The largest absolute Gasteiger partial charge is 0.496 e. The van der Waals surface area contributed by atoms with Crippen LogP contribution in [0.1, 0.15) is 58.6 Å². The van der Waals surface area contributed by atoms with Gasteiger partial charge < -0.3 is 15.4 Å². The van der Waals surface area contributed by atoms with Crippen LogP contribution in [0.4, 0.5) is 5.69 Å². The zero-order valence-corrected chi connectivity index (χ0v) is 13.6. The molecule has 1 unspecified atom stereocenters. The molecule has 1 rings (SSSR count). The minimum atomic E-state index is -0.0330. The molecule has 0 aliphatic rings. The van der Waals surface area contributed by atoms with Crippen LogP contribution < -0.4 is 15.4 Å². The number of anilines is 1. The lowest BCUT2D eigenvalue weighted by Crippen LogP contribution is -2.35. The Morgan fingerprint density at radius 1 is 1.25 bits per heavy atom. The van der Waals surface area contributed by atoms with Gasteiger partial charge in [0.2, 0.25) is 0 Å². The number of nitrogens with zero attached hydrogens (tertiary/aromatic N) is 1. The second kappa shape index (κ2) is 8.15. The molecular weight excluding hydrogens is 248 g/mol. The molecular formula is C17H30N2O. The van der Waals surface area contributed by atoms with E-state index < -0.39 is 0 Å². The first-order chi connectivity index (χ1) is 9.56. The van der Waals surface area contributed by atoms with Gasteiger partial charge in [0.1, 0.15) is 5.75 Å². The summed E-state index contributed by atoms with van der Waals surface area (Å²) in [7, 11) is 1.71. The fourth-order valence-electron chi connectivity index (χ4n) is 2.55. The molecule has 0 saturated heterocycles.